The van der Waals surface area contributed by atoms with E-state index in [1.807, 2.05) is 6.92 Å². The van der Waals surface area contributed by atoms with Crippen molar-refractivity contribution in [3.8, 4) is 5.75 Å². The van der Waals surface area contributed by atoms with Crippen LogP contribution in [0.1, 0.15) is 25.3 Å². The summed E-state index contributed by atoms with van der Waals surface area (Å²) in [6, 6.07) is 9.32. The van der Waals surface area contributed by atoms with E-state index in [9.17, 15) is 0 Å². The molecule has 2 saturated heterocycles. The Morgan fingerprint density at radius 3 is 2.11 bits per heavy atom. The third-order valence-corrected chi connectivity index (χ3v) is 4.94. The Kier molecular flexibility index (Phi) is 9.19. The van der Waals surface area contributed by atoms with Gasteiger partial charge >= 0.3 is 11.9 Å². The fourth-order valence-electron chi connectivity index (χ4n) is 3.50. The van der Waals surface area contributed by atoms with Gasteiger partial charge in [-0.2, -0.15) is 0 Å². The first-order valence-electron chi connectivity index (χ1n) is 9.71. The molecule has 28 heavy (non-hydrogen) atoms. The number of hydrogen-bond donors (Lipinski definition) is 2. The molecule has 3 rings (SSSR count). The number of likely N-dealkylation sites (tertiary alicyclic amines) is 1. The van der Waals surface area contributed by atoms with Crippen LogP contribution in [0.3, 0.4) is 0 Å². The summed E-state index contributed by atoms with van der Waals surface area (Å²) in [5.41, 5.74) is 1.38. The van der Waals surface area contributed by atoms with Gasteiger partial charge in [-0.3, -0.25) is 9.80 Å². The summed E-state index contributed by atoms with van der Waals surface area (Å²) in [5, 5.41) is 14.8. The highest BCUT2D eigenvalue weighted by Gasteiger charge is 2.25. The largest absolute Gasteiger partial charge is 0.494 e. The maximum absolute atomic E-state index is 9.10. The van der Waals surface area contributed by atoms with E-state index >= 15 is 0 Å². The van der Waals surface area contributed by atoms with E-state index in [0.29, 0.717) is 0 Å². The molecule has 8 heteroatoms. The summed E-state index contributed by atoms with van der Waals surface area (Å²) in [5.74, 6) is -2.68. The van der Waals surface area contributed by atoms with Crippen LogP contribution in [-0.4, -0.2) is 84.0 Å². The summed E-state index contributed by atoms with van der Waals surface area (Å²) in [6.45, 7) is 10.3. The zero-order valence-electron chi connectivity index (χ0n) is 16.4. The predicted octanol–water partition coefficient (Wildman–Crippen LogP) is 1.54. The molecular formula is C20H30N2O6. The average Bonchev–Trinajstić information content (AvgIpc) is 2.71. The van der Waals surface area contributed by atoms with Crippen LogP contribution < -0.4 is 4.74 Å². The molecule has 0 aliphatic carbocycles. The molecule has 2 aliphatic heterocycles. The number of carbonyl (C=O) groups is 2. The number of benzene rings is 1. The van der Waals surface area contributed by atoms with Gasteiger partial charge in [-0.1, -0.05) is 12.1 Å². The minimum absolute atomic E-state index is 0.731. The Labute approximate surface area is 165 Å². The number of hydrogen-bond acceptors (Lipinski definition) is 6. The van der Waals surface area contributed by atoms with Crippen molar-refractivity contribution in [3.63, 3.8) is 0 Å². The van der Waals surface area contributed by atoms with Gasteiger partial charge in [0, 0.05) is 25.7 Å². The van der Waals surface area contributed by atoms with Crippen LogP contribution in [0.2, 0.25) is 0 Å². The molecule has 0 saturated carbocycles. The van der Waals surface area contributed by atoms with E-state index in [1.54, 1.807) is 0 Å². The van der Waals surface area contributed by atoms with Crippen LogP contribution in [0.5, 0.6) is 5.75 Å². The van der Waals surface area contributed by atoms with Gasteiger partial charge in [0.05, 0.1) is 19.8 Å². The smallest absolute Gasteiger partial charge is 0.414 e. The highest BCUT2D eigenvalue weighted by Crippen LogP contribution is 2.20. The molecule has 0 bridgehead atoms. The van der Waals surface area contributed by atoms with Crippen LogP contribution in [-0.2, 0) is 20.9 Å². The molecule has 2 fully saturated rings. The van der Waals surface area contributed by atoms with Gasteiger partial charge in [-0.25, -0.2) is 9.59 Å². The van der Waals surface area contributed by atoms with Gasteiger partial charge in [0.15, 0.2) is 0 Å². The van der Waals surface area contributed by atoms with Gasteiger partial charge < -0.3 is 19.7 Å². The highest BCUT2D eigenvalue weighted by atomic mass is 16.5. The number of carboxylic acids is 2. The third kappa shape index (κ3) is 7.46. The van der Waals surface area contributed by atoms with E-state index in [0.717, 1.165) is 51.2 Å². The SMILES string of the molecule is CCOc1ccc(CN2CCC(N3CCOCC3)CC2)cc1.O=C(O)C(=O)O. The summed E-state index contributed by atoms with van der Waals surface area (Å²) in [4.78, 5) is 23.4. The molecule has 8 nitrogen and oxygen atoms in total. The van der Waals surface area contributed by atoms with Crippen LogP contribution in [0.4, 0.5) is 0 Å². The Morgan fingerprint density at radius 2 is 1.61 bits per heavy atom. The molecule has 2 aliphatic rings. The first-order valence-corrected chi connectivity index (χ1v) is 9.71. The minimum atomic E-state index is -1.82. The summed E-state index contributed by atoms with van der Waals surface area (Å²) < 4.78 is 11.0. The molecule has 156 valence electrons. The lowest BCUT2D eigenvalue weighted by molar-refractivity contribution is -0.159. The summed E-state index contributed by atoms with van der Waals surface area (Å²) in [6.07, 6.45) is 2.58. The van der Waals surface area contributed by atoms with Crippen molar-refractivity contribution in [2.24, 2.45) is 0 Å². The minimum Gasteiger partial charge on any atom is -0.494 e. The van der Waals surface area contributed by atoms with E-state index in [-0.39, 0.29) is 0 Å². The highest BCUT2D eigenvalue weighted by molar-refractivity contribution is 6.27. The predicted molar refractivity (Wildman–Crippen MR) is 104 cm³/mol. The monoisotopic (exact) mass is 394 g/mol. The summed E-state index contributed by atoms with van der Waals surface area (Å²) >= 11 is 0. The van der Waals surface area contributed by atoms with Crippen LogP contribution >= 0.6 is 0 Å². The van der Waals surface area contributed by atoms with Gasteiger partial charge in [-0.05, 0) is 50.6 Å². The van der Waals surface area contributed by atoms with E-state index in [1.165, 1.54) is 31.5 Å². The zero-order chi connectivity index (χ0) is 20.4. The molecule has 1 aromatic rings. The van der Waals surface area contributed by atoms with Crippen molar-refractivity contribution in [1.29, 1.82) is 0 Å². The van der Waals surface area contributed by atoms with Crippen molar-refractivity contribution < 1.29 is 29.3 Å². The number of ether oxygens (including phenoxy) is 2. The quantitative estimate of drug-likeness (QED) is 0.726. The second kappa shape index (κ2) is 11.6. The lowest BCUT2D eigenvalue weighted by Crippen LogP contribution is -2.48. The fraction of sp³-hybridized carbons (Fsp3) is 0.600. The zero-order valence-corrected chi connectivity index (χ0v) is 16.4. The van der Waals surface area contributed by atoms with Crippen LogP contribution in [0.25, 0.3) is 0 Å². The molecule has 0 radical (unpaired) electrons. The van der Waals surface area contributed by atoms with Gasteiger partial charge in [0.2, 0.25) is 0 Å². The van der Waals surface area contributed by atoms with Crippen molar-refractivity contribution >= 4 is 11.9 Å². The number of carboxylic acid groups (broad SMARTS) is 2. The molecule has 0 spiro atoms. The molecule has 0 atom stereocenters. The number of piperidine rings is 1. The molecule has 0 amide bonds. The van der Waals surface area contributed by atoms with Gasteiger partial charge in [-0.15, -0.1) is 0 Å². The molecule has 0 aromatic heterocycles. The van der Waals surface area contributed by atoms with E-state index < -0.39 is 11.9 Å². The normalized spacial score (nSPS) is 18.8. The van der Waals surface area contributed by atoms with Gasteiger partial charge in [0.25, 0.3) is 0 Å². The molecule has 2 heterocycles. The number of nitrogens with zero attached hydrogens (tertiary/aromatic N) is 2. The second-order valence-electron chi connectivity index (χ2n) is 6.84. The molecule has 1 aromatic carbocycles. The molecule has 0 unspecified atom stereocenters. The Balaban J connectivity index is 0.000000409. The van der Waals surface area contributed by atoms with Crippen LogP contribution in [0.15, 0.2) is 24.3 Å². The van der Waals surface area contributed by atoms with Crippen molar-refractivity contribution in [2.75, 3.05) is 46.0 Å². The van der Waals surface area contributed by atoms with Crippen molar-refractivity contribution in [1.82, 2.24) is 9.80 Å². The maximum atomic E-state index is 9.10. The van der Waals surface area contributed by atoms with E-state index in [2.05, 4.69) is 34.1 Å². The average molecular weight is 394 g/mol. The van der Waals surface area contributed by atoms with Gasteiger partial charge in [0.1, 0.15) is 5.75 Å². The number of aliphatic carboxylic acids is 2. The third-order valence-electron chi connectivity index (χ3n) is 4.94. The maximum Gasteiger partial charge on any atom is 0.414 e. The van der Waals surface area contributed by atoms with Crippen molar-refractivity contribution in [3.05, 3.63) is 29.8 Å². The standard InChI is InChI=1S/C18H28N2O2.C2H2O4/c1-2-22-18-5-3-16(4-6-18)15-19-9-7-17(8-10-19)20-11-13-21-14-12-20;3-1(4)2(5)6/h3-6,17H,2,7-15H2,1H3;(H,3,4)(H,5,6). The Bertz CT molecular complexity index is 596. The van der Waals surface area contributed by atoms with Crippen molar-refractivity contribution in [2.45, 2.75) is 32.4 Å². The first kappa shape index (κ1) is 22.1. The lowest BCUT2D eigenvalue weighted by Gasteiger charge is -2.40. The number of morpholine rings is 1. The van der Waals surface area contributed by atoms with Crippen LogP contribution in [0, 0.1) is 0 Å². The molecule has 2 N–H and O–H groups in total. The first-order chi connectivity index (χ1) is 13.5. The Hall–Kier alpha value is -2.16. The lowest BCUT2D eigenvalue weighted by atomic mass is 10.0. The fourth-order valence-corrected chi connectivity index (χ4v) is 3.50. The topological polar surface area (TPSA) is 99.5 Å². The Morgan fingerprint density at radius 1 is 1.04 bits per heavy atom. The van der Waals surface area contributed by atoms with E-state index in [4.69, 9.17) is 29.3 Å². The second-order valence-corrected chi connectivity index (χ2v) is 6.84. The summed E-state index contributed by atoms with van der Waals surface area (Å²) in [7, 11) is 0. The molecular weight excluding hydrogens is 364 g/mol. The number of rotatable bonds is 5.